The van der Waals surface area contributed by atoms with Gasteiger partial charge >= 0.3 is 0 Å². The number of fused-ring (bicyclic) bond motifs is 1. The predicted molar refractivity (Wildman–Crippen MR) is 118 cm³/mol. The molecule has 0 saturated heterocycles. The number of anilines is 4. The molecular formula is C21H18BrN5O3. The van der Waals surface area contributed by atoms with Crippen LogP contribution in [0, 0.1) is 6.92 Å². The van der Waals surface area contributed by atoms with E-state index >= 15 is 0 Å². The SMILES string of the molecule is Cc1ccc(Nc2nc3c(c(=O)[nH]2)[C@H](C(=O)Nc2ccc(Br)cc2)CC(=O)N3)cc1. The van der Waals surface area contributed by atoms with Gasteiger partial charge in [-0.2, -0.15) is 4.98 Å². The number of aryl methyl sites for hydroxylation is 1. The van der Waals surface area contributed by atoms with E-state index in [9.17, 15) is 14.4 Å². The van der Waals surface area contributed by atoms with Crippen LogP contribution < -0.4 is 21.5 Å². The number of carbonyl (C=O) groups is 2. The second-order valence-electron chi connectivity index (χ2n) is 6.97. The summed E-state index contributed by atoms with van der Waals surface area (Å²) in [7, 11) is 0. The fourth-order valence-electron chi connectivity index (χ4n) is 3.19. The van der Waals surface area contributed by atoms with Gasteiger partial charge in [0.2, 0.25) is 17.8 Å². The highest BCUT2D eigenvalue weighted by Crippen LogP contribution is 2.30. The van der Waals surface area contributed by atoms with Gasteiger partial charge in [-0.25, -0.2) is 0 Å². The predicted octanol–water partition coefficient (Wildman–Crippen LogP) is 3.65. The molecule has 1 aliphatic heterocycles. The number of carbonyl (C=O) groups excluding carboxylic acids is 2. The summed E-state index contributed by atoms with van der Waals surface area (Å²) in [5.74, 6) is -1.50. The first-order valence-corrected chi connectivity index (χ1v) is 10.0. The number of benzene rings is 2. The Balaban J connectivity index is 1.62. The monoisotopic (exact) mass is 467 g/mol. The highest BCUT2D eigenvalue weighted by atomic mass is 79.9. The molecule has 2 heterocycles. The van der Waals surface area contributed by atoms with Gasteiger partial charge < -0.3 is 16.0 Å². The molecular weight excluding hydrogens is 450 g/mol. The maximum absolute atomic E-state index is 12.8. The minimum atomic E-state index is -0.943. The minimum Gasteiger partial charge on any atom is -0.326 e. The highest BCUT2D eigenvalue weighted by Gasteiger charge is 2.34. The van der Waals surface area contributed by atoms with Crippen LogP contribution in [-0.4, -0.2) is 21.8 Å². The van der Waals surface area contributed by atoms with Gasteiger partial charge in [-0.15, -0.1) is 0 Å². The van der Waals surface area contributed by atoms with Crippen molar-refractivity contribution in [1.82, 2.24) is 9.97 Å². The summed E-state index contributed by atoms with van der Waals surface area (Å²) in [4.78, 5) is 44.7. The lowest BCUT2D eigenvalue weighted by Gasteiger charge is -2.23. The molecule has 2 amide bonds. The Hall–Kier alpha value is -3.46. The van der Waals surface area contributed by atoms with Gasteiger partial charge in [-0.05, 0) is 43.3 Å². The quantitative estimate of drug-likeness (QED) is 0.467. The second kappa shape index (κ2) is 8.11. The number of amides is 2. The molecule has 4 rings (SSSR count). The molecule has 8 nitrogen and oxygen atoms in total. The van der Waals surface area contributed by atoms with E-state index in [4.69, 9.17) is 0 Å². The fraction of sp³-hybridized carbons (Fsp3) is 0.143. The Morgan fingerprint density at radius 1 is 1.07 bits per heavy atom. The molecule has 9 heteroatoms. The van der Waals surface area contributed by atoms with Gasteiger partial charge in [0.15, 0.2) is 0 Å². The molecule has 0 saturated carbocycles. The van der Waals surface area contributed by atoms with Crippen LogP contribution in [0.1, 0.15) is 23.5 Å². The molecule has 0 unspecified atom stereocenters. The fourth-order valence-corrected chi connectivity index (χ4v) is 3.46. The second-order valence-corrected chi connectivity index (χ2v) is 7.88. The summed E-state index contributed by atoms with van der Waals surface area (Å²) < 4.78 is 0.872. The van der Waals surface area contributed by atoms with Gasteiger partial charge in [0.1, 0.15) is 5.82 Å². The highest BCUT2D eigenvalue weighted by molar-refractivity contribution is 9.10. The lowest BCUT2D eigenvalue weighted by Crippen LogP contribution is -2.36. The average Bonchev–Trinajstić information content (AvgIpc) is 2.70. The van der Waals surface area contributed by atoms with E-state index in [2.05, 4.69) is 41.8 Å². The summed E-state index contributed by atoms with van der Waals surface area (Å²) in [6, 6.07) is 14.6. The van der Waals surface area contributed by atoms with Crippen LogP contribution in [0.15, 0.2) is 57.8 Å². The largest absolute Gasteiger partial charge is 0.326 e. The molecule has 152 valence electrons. The Morgan fingerprint density at radius 3 is 2.43 bits per heavy atom. The third-order valence-corrected chi connectivity index (χ3v) is 5.22. The third kappa shape index (κ3) is 4.25. The molecule has 2 aromatic carbocycles. The van der Waals surface area contributed by atoms with Gasteiger partial charge in [-0.1, -0.05) is 33.6 Å². The zero-order chi connectivity index (χ0) is 21.3. The van der Waals surface area contributed by atoms with Crippen molar-refractivity contribution in [2.24, 2.45) is 0 Å². The lowest BCUT2D eigenvalue weighted by atomic mass is 9.92. The normalized spacial score (nSPS) is 15.1. The van der Waals surface area contributed by atoms with Crippen molar-refractivity contribution >= 4 is 50.9 Å². The first-order chi connectivity index (χ1) is 14.4. The van der Waals surface area contributed by atoms with E-state index in [1.54, 1.807) is 24.3 Å². The molecule has 1 atom stereocenters. The third-order valence-electron chi connectivity index (χ3n) is 4.69. The molecule has 3 aromatic rings. The van der Waals surface area contributed by atoms with Gasteiger partial charge in [0.25, 0.3) is 5.56 Å². The minimum absolute atomic E-state index is 0.0839. The maximum Gasteiger partial charge on any atom is 0.258 e. The van der Waals surface area contributed by atoms with Crippen molar-refractivity contribution in [2.45, 2.75) is 19.3 Å². The van der Waals surface area contributed by atoms with Crippen LogP contribution >= 0.6 is 15.9 Å². The van der Waals surface area contributed by atoms with E-state index in [-0.39, 0.29) is 29.7 Å². The van der Waals surface area contributed by atoms with Crippen LogP contribution in [0.2, 0.25) is 0 Å². The average molecular weight is 468 g/mol. The van der Waals surface area contributed by atoms with Crippen LogP contribution in [0.4, 0.5) is 23.1 Å². The Labute approximate surface area is 180 Å². The van der Waals surface area contributed by atoms with Gasteiger partial charge in [0.05, 0.1) is 11.5 Å². The Kier molecular flexibility index (Phi) is 5.37. The number of halogens is 1. The summed E-state index contributed by atoms with van der Waals surface area (Å²) in [5.41, 5.74) is 2.05. The molecule has 4 N–H and O–H groups in total. The molecule has 1 aliphatic rings. The zero-order valence-corrected chi connectivity index (χ0v) is 17.5. The molecule has 0 aliphatic carbocycles. The van der Waals surface area contributed by atoms with Crippen LogP contribution in [0.25, 0.3) is 0 Å². The zero-order valence-electron chi connectivity index (χ0n) is 16.0. The number of rotatable bonds is 4. The summed E-state index contributed by atoms with van der Waals surface area (Å²) >= 11 is 3.34. The smallest absolute Gasteiger partial charge is 0.258 e. The Morgan fingerprint density at radius 2 is 1.73 bits per heavy atom. The number of aromatic nitrogens is 2. The van der Waals surface area contributed by atoms with Crippen molar-refractivity contribution in [3.05, 3.63) is 74.5 Å². The summed E-state index contributed by atoms with van der Waals surface area (Å²) in [5, 5.41) is 8.35. The topological polar surface area (TPSA) is 116 Å². The summed E-state index contributed by atoms with van der Waals surface area (Å²) in [6.07, 6.45) is -0.134. The standard InChI is InChI=1S/C21H18BrN5O3/c1-11-2-6-14(7-3-11)24-21-26-18-17(20(30)27-21)15(10-16(28)25-18)19(29)23-13-8-4-12(22)5-9-13/h2-9,15H,10H2,1H3,(H,23,29)(H3,24,25,26,27,28,30)/t15-/m1/s1. The van der Waals surface area contributed by atoms with Crippen LogP contribution in [-0.2, 0) is 9.59 Å². The van der Waals surface area contributed by atoms with Crippen molar-refractivity contribution in [3.8, 4) is 0 Å². The first-order valence-electron chi connectivity index (χ1n) is 9.23. The maximum atomic E-state index is 12.8. The van der Waals surface area contributed by atoms with E-state index in [1.807, 2.05) is 31.2 Å². The van der Waals surface area contributed by atoms with E-state index in [0.717, 1.165) is 15.7 Å². The van der Waals surface area contributed by atoms with Crippen LogP contribution in [0.3, 0.4) is 0 Å². The molecule has 0 fully saturated rings. The number of hydrogen-bond acceptors (Lipinski definition) is 5. The number of hydrogen-bond donors (Lipinski definition) is 4. The van der Waals surface area contributed by atoms with Crippen molar-refractivity contribution in [1.29, 1.82) is 0 Å². The number of nitrogens with one attached hydrogen (secondary N) is 4. The van der Waals surface area contributed by atoms with Crippen molar-refractivity contribution in [3.63, 3.8) is 0 Å². The van der Waals surface area contributed by atoms with Gasteiger partial charge in [0, 0.05) is 22.3 Å². The Bertz CT molecular complexity index is 1170. The van der Waals surface area contributed by atoms with Crippen LogP contribution in [0.5, 0.6) is 0 Å². The van der Waals surface area contributed by atoms with E-state index < -0.39 is 17.4 Å². The van der Waals surface area contributed by atoms with Gasteiger partial charge in [-0.3, -0.25) is 19.4 Å². The van der Waals surface area contributed by atoms with Crippen molar-refractivity contribution < 1.29 is 9.59 Å². The molecule has 30 heavy (non-hydrogen) atoms. The molecule has 1 aromatic heterocycles. The number of nitrogens with zero attached hydrogens (tertiary/aromatic N) is 1. The molecule has 0 radical (unpaired) electrons. The number of aromatic amines is 1. The van der Waals surface area contributed by atoms with Crippen molar-refractivity contribution in [2.75, 3.05) is 16.0 Å². The van der Waals surface area contributed by atoms with E-state index in [0.29, 0.717) is 5.69 Å². The molecule has 0 bridgehead atoms. The van der Waals surface area contributed by atoms with E-state index in [1.165, 1.54) is 0 Å². The summed E-state index contributed by atoms with van der Waals surface area (Å²) in [6.45, 7) is 1.97. The molecule has 0 spiro atoms. The first kappa shape index (κ1) is 19.8. The lowest BCUT2D eigenvalue weighted by molar-refractivity contribution is -0.123. The number of H-pyrrole nitrogens is 1.